The highest BCUT2D eigenvalue weighted by Crippen LogP contribution is 2.20. The van der Waals surface area contributed by atoms with Gasteiger partial charge in [0, 0.05) is 26.6 Å². The Morgan fingerprint density at radius 3 is 1.80 bits per heavy atom. The second kappa shape index (κ2) is 24.8. The summed E-state index contributed by atoms with van der Waals surface area (Å²) in [5, 5.41) is 26.7. The molecule has 0 saturated carbocycles. The third-order valence-electron chi connectivity index (χ3n) is 9.94. The fourth-order valence-electron chi connectivity index (χ4n) is 6.28. The first-order valence-electron chi connectivity index (χ1n) is 19.7. The summed E-state index contributed by atoms with van der Waals surface area (Å²) in [4.78, 5) is 98.8. The number of nitrogens with two attached hydrogens (primary N) is 2. The molecule has 1 saturated heterocycles. The number of likely N-dealkylation sites (N-methyl/N-ethyl adjacent to an activating group) is 1. The van der Waals surface area contributed by atoms with E-state index >= 15 is 0 Å². The van der Waals surface area contributed by atoms with Crippen molar-refractivity contribution in [3.63, 3.8) is 0 Å². The number of guanidine groups is 1. The lowest BCUT2D eigenvalue weighted by molar-refractivity contribution is -0.142. The number of nitrogens with zero attached hydrogens (tertiary/aromatic N) is 2. The van der Waals surface area contributed by atoms with Gasteiger partial charge in [0.25, 0.3) is 0 Å². The SMILES string of the molecule is CCCC[C@H](NC(=O)[C@@H](NC(=O)[C@H](NC(C)=O)[C@@H](C)CC)[C@@H](C)O)C(=O)N[C@H](C(=O)N[C@@H](CCCN=C(N)N)C(=O)N1CCC[C@H]1C(=O)NCC)[C@@H](C)CC. The minimum absolute atomic E-state index is 0.116. The van der Waals surface area contributed by atoms with Crippen LogP contribution < -0.4 is 43.4 Å². The normalized spacial score (nSPS) is 18.2. The summed E-state index contributed by atoms with van der Waals surface area (Å²) in [5.41, 5.74) is 10.9. The van der Waals surface area contributed by atoms with E-state index in [2.05, 4.69) is 36.9 Å². The van der Waals surface area contributed by atoms with Crippen LogP contribution in [0.25, 0.3) is 0 Å². The number of aliphatic hydroxyl groups excluding tert-OH is 1. The quantitative estimate of drug-likeness (QED) is 0.0337. The molecule has 1 rings (SSSR count). The Bertz CT molecular complexity index is 1320. The Morgan fingerprint density at radius 1 is 0.745 bits per heavy atom. The fraction of sp³-hybridized carbons (Fsp3) is 0.784. The number of unbranched alkanes of at least 4 members (excludes halogenated alkanes) is 1. The average molecular weight is 781 g/mol. The average Bonchev–Trinajstić information content (AvgIpc) is 3.63. The molecule has 1 aliphatic heterocycles. The maximum atomic E-state index is 14.0. The molecule has 0 aromatic carbocycles. The third-order valence-corrected chi connectivity index (χ3v) is 9.94. The zero-order valence-electron chi connectivity index (χ0n) is 34.0. The zero-order valence-corrected chi connectivity index (χ0v) is 34.0. The van der Waals surface area contributed by atoms with Gasteiger partial charge in [-0.3, -0.25) is 38.6 Å². The number of hydrogen-bond acceptors (Lipinski definition) is 9. The summed E-state index contributed by atoms with van der Waals surface area (Å²) in [6.07, 6.45) is 2.64. The zero-order chi connectivity index (χ0) is 41.8. The summed E-state index contributed by atoms with van der Waals surface area (Å²) < 4.78 is 0. The van der Waals surface area contributed by atoms with Crippen LogP contribution in [0.3, 0.4) is 0 Å². The van der Waals surface area contributed by atoms with Gasteiger partial charge >= 0.3 is 0 Å². The van der Waals surface area contributed by atoms with Crippen LogP contribution in [0.1, 0.15) is 113 Å². The van der Waals surface area contributed by atoms with E-state index < -0.39 is 83.7 Å². The molecule has 0 aliphatic carbocycles. The Balaban J connectivity index is 3.34. The van der Waals surface area contributed by atoms with Crippen molar-refractivity contribution < 1.29 is 38.7 Å². The molecular formula is C37H68N10O8. The van der Waals surface area contributed by atoms with Crippen LogP contribution in [-0.4, -0.2) is 119 Å². The molecule has 18 heteroatoms. The Morgan fingerprint density at radius 2 is 1.27 bits per heavy atom. The molecule has 0 bridgehead atoms. The number of aliphatic imine (C=N–C) groups is 1. The highest BCUT2D eigenvalue weighted by molar-refractivity contribution is 5.97. The summed E-state index contributed by atoms with van der Waals surface area (Å²) in [6.45, 7) is 14.5. The number of carbonyl (C=O) groups is 7. The van der Waals surface area contributed by atoms with Crippen molar-refractivity contribution in [3.05, 3.63) is 0 Å². The molecule has 0 aromatic rings. The standard InChI is InChI=1S/C37H68N10O8/c1-9-13-16-25(43-35(54)30(23(7)48)46-34(53)28(21(5)10-2)42-24(8)49)31(50)45-29(22(6)11-3)33(52)44-26(17-14-19-41-37(38)39)36(55)47-20-15-18-27(47)32(51)40-12-4/h21-23,25-30,48H,9-20H2,1-8H3,(H,40,51)(H,42,49)(H,43,54)(H,44,52)(H,45,50)(H,46,53)(H4,38,39,41)/t21-,22-,23+,25-,26-,27-,28+,29-,30-/m0/s1. The minimum Gasteiger partial charge on any atom is -0.391 e. The van der Waals surface area contributed by atoms with Gasteiger partial charge in [-0.25, -0.2) is 0 Å². The van der Waals surface area contributed by atoms with Crippen LogP contribution in [0.2, 0.25) is 0 Å². The van der Waals surface area contributed by atoms with Gasteiger partial charge in [0.15, 0.2) is 5.96 Å². The Labute approximate surface area is 325 Å². The van der Waals surface area contributed by atoms with Gasteiger partial charge in [-0.15, -0.1) is 0 Å². The Hall–Kier alpha value is -4.48. The third kappa shape index (κ3) is 16.0. The van der Waals surface area contributed by atoms with Crippen LogP contribution in [-0.2, 0) is 33.6 Å². The van der Waals surface area contributed by atoms with E-state index in [1.165, 1.54) is 18.7 Å². The lowest BCUT2D eigenvalue weighted by atomic mass is 9.96. The minimum atomic E-state index is -1.46. The molecule has 0 unspecified atom stereocenters. The maximum Gasteiger partial charge on any atom is 0.245 e. The monoisotopic (exact) mass is 781 g/mol. The molecule has 1 aliphatic rings. The van der Waals surface area contributed by atoms with E-state index in [0.717, 1.165) is 0 Å². The number of rotatable bonds is 24. The van der Waals surface area contributed by atoms with Crippen LogP contribution in [0.15, 0.2) is 4.99 Å². The number of hydrogen-bond donors (Lipinski definition) is 9. The first-order chi connectivity index (χ1) is 25.9. The lowest BCUT2D eigenvalue weighted by Crippen LogP contribution is -2.62. The van der Waals surface area contributed by atoms with E-state index in [-0.39, 0.29) is 37.2 Å². The predicted molar refractivity (Wildman–Crippen MR) is 209 cm³/mol. The van der Waals surface area contributed by atoms with E-state index in [4.69, 9.17) is 11.5 Å². The largest absolute Gasteiger partial charge is 0.391 e. The summed E-state index contributed by atoms with van der Waals surface area (Å²) in [6, 6.07) is -6.42. The van der Waals surface area contributed by atoms with Gasteiger partial charge in [0.05, 0.1) is 6.10 Å². The van der Waals surface area contributed by atoms with Gasteiger partial charge in [0.2, 0.25) is 41.4 Å². The first-order valence-corrected chi connectivity index (χ1v) is 19.7. The van der Waals surface area contributed by atoms with Crippen molar-refractivity contribution in [2.24, 2.45) is 28.3 Å². The molecule has 11 N–H and O–H groups in total. The number of nitrogens with one attached hydrogen (secondary N) is 6. The molecule has 1 fully saturated rings. The molecule has 314 valence electrons. The highest BCUT2D eigenvalue weighted by atomic mass is 16.3. The van der Waals surface area contributed by atoms with Crippen LogP contribution in [0, 0.1) is 11.8 Å². The number of carbonyl (C=O) groups excluding carboxylic acids is 7. The van der Waals surface area contributed by atoms with Crippen LogP contribution in [0.5, 0.6) is 0 Å². The van der Waals surface area contributed by atoms with E-state index in [1.54, 1.807) is 20.8 Å². The smallest absolute Gasteiger partial charge is 0.245 e. The molecule has 9 atom stereocenters. The molecular weight excluding hydrogens is 712 g/mol. The summed E-state index contributed by atoms with van der Waals surface area (Å²) in [7, 11) is 0. The molecule has 0 spiro atoms. The number of amides is 7. The number of likely N-dealkylation sites (tertiary alicyclic amines) is 1. The van der Waals surface area contributed by atoms with Gasteiger partial charge in [-0.1, -0.05) is 60.3 Å². The highest BCUT2D eigenvalue weighted by Gasteiger charge is 2.39. The van der Waals surface area contributed by atoms with E-state index in [0.29, 0.717) is 58.0 Å². The molecule has 1 heterocycles. The van der Waals surface area contributed by atoms with Crippen molar-refractivity contribution in [2.75, 3.05) is 19.6 Å². The molecule has 7 amide bonds. The molecule has 0 aromatic heterocycles. The van der Waals surface area contributed by atoms with Crippen LogP contribution in [0.4, 0.5) is 0 Å². The van der Waals surface area contributed by atoms with E-state index in [1.807, 2.05) is 20.8 Å². The summed E-state index contributed by atoms with van der Waals surface area (Å²) in [5.74, 6) is -4.73. The topological polar surface area (TPSA) is 280 Å². The lowest BCUT2D eigenvalue weighted by Gasteiger charge is -2.32. The molecule has 0 radical (unpaired) electrons. The van der Waals surface area contributed by atoms with Crippen molar-refractivity contribution in [1.82, 2.24) is 36.8 Å². The van der Waals surface area contributed by atoms with Crippen molar-refractivity contribution in [2.45, 2.75) is 156 Å². The van der Waals surface area contributed by atoms with E-state index in [9.17, 15) is 38.7 Å². The predicted octanol–water partition coefficient (Wildman–Crippen LogP) is -0.726. The second-order valence-electron chi connectivity index (χ2n) is 14.5. The van der Waals surface area contributed by atoms with Crippen LogP contribution >= 0.6 is 0 Å². The summed E-state index contributed by atoms with van der Waals surface area (Å²) >= 11 is 0. The second-order valence-corrected chi connectivity index (χ2v) is 14.5. The molecule has 18 nitrogen and oxygen atoms in total. The number of aliphatic hydroxyl groups is 1. The van der Waals surface area contributed by atoms with Gasteiger partial charge in [-0.2, -0.15) is 0 Å². The fourth-order valence-corrected chi connectivity index (χ4v) is 6.28. The molecule has 55 heavy (non-hydrogen) atoms. The van der Waals surface area contributed by atoms with Crippen molar-refractivity contribution in [3.8, 4) is 0 Å². The van der Waals surface area contributed by atoms with Gasteiger partial charge in [0.1, 0.15) is 36.3 Å². The van der Waals surface area contributed by atoms with Gasteiger partial charge < -0.3 is 53.4 Å². The Kier molecular flexibility index (Phi) is 21.9. The maximum absolute atomic E-state index is 14.0. The van der Waals surface area contributed by atoms with Crippen molar-refractivity contribution >= 4 is 47.3 Å². The van der Waals surface area contributed by atoms with Gasteiger partial charge in [-0.05, 0) is 57.8 Å². The first kappa shape index (κ1) is 48.5. The van der Waals surface area contributed by atoms with Crippen molar-refractivity contribution in [1.29, 1.82) is 0 Å².